The summed E-state index contributed by atoms with van der Waals surface area (Å²) in [5.41, 5.74) is 1.57. The lowest BCUT2D eigenvalue weighted by atomic mass is 9.53. The summed E-state index contributed by atoms with van der Waals surface area (Å²) < 4.78 is 5.96. The van der Waals surface area contributed by atoms with E-state index in [4.69, 9.17) is 4.74 Å². The summed E-state index contributed by atoms with van der Waals surface area (Å²) >= 11 is 1.62. The van der Waals surface area contributed by atoms with Gasteiger partial charge in [-0.15, -0.1) is 11.3 Å². The number of aromatic nitrogens is 1. The Morgan fingerprint density at radius 1 is 1.19 bits per heavy atom. The predicted molar refractivity (Wildman–Crippen MR) is 106 cm³/mol. The highest BCUT2D eigenvalue weighted by molar-refractivity contribution is 7.09. The smallest absolute Gasteiger partial charge is 0.255 e. The average Bonchev–Trinajstić information content (AvgIpc) is 3.04. The summed E-state index contributed by atoms with van der Waals surface area (Å²) in [6.45, 7) is 2.38. The fraction of sp³-hybridized carbons (Fsp3) is 0.545. The lowest BCUT2D eigenvalue weighted by molar-refractivity contribution is -0.0167. The molecule has 4 bridgehead atoms. The Hall–Kier alpha value is -1.88. The van der Waals surface area contributed by atoms with Crippen LogP contribution in [0, 0.1) is 24.7 Å². The van der Waals surface area contributed by atoms with Crippen molar-refractivity contribution < 1.29 is 9.53 Å². The number of hydrogen-bond acceptors (Lipinski definition) is 4. The van der Waals surface area contributed by atoms with Gasteiger partial charge in [-0.05, 0) is 75.3 Å². The van der Waals surface area contributed by atoms with Gasteiger partial charge in [0.15, 0.2) is 0 Å². The van der Waals surface area contributed by atoms with Crippen molar-refractivity contribution in [3.8, 4) is 5.75 Å². The first-order valence-electron chi connectivity index (χ1n) is 10.0. The molecule has 27 heavy (non-hydrogen) atoms. The van der Waals surface area contributed by atoms with Gasteiger partial charge >= 0.3 is 0 Å². The molecule has 142 valence electrons. The molecule has 4 nitrogen and oxygen atoms in total. The number of nitrogens with one attached hydrogen (secondary N) is 1. The van der Waals surface area contributed by atoms with Crippen molar-refractivity contribution in [1.82, 2.24) is 10.3 Å². The molecule has 0 atom stereocenters. The first-order valence-corrected chi connectivity index (χ1v) is 10.9. The maximum atomic E-state index is 13.2. The second kappa shape index (κ2) is 6.62. The second-order valence-electron chi connectivity index (χ2n) is 8.79. The predicted octanol–water partition coefficient (Wildman–Crippen LogP) is 4.73. The number of thiazole rings is 1. The molecule has 1 N–H and O–H groups in total. The van der Waals surface area contributed by atoms with Gasteiger partial charge in [0.05, 0.1) is 16.3 Å². The van der Waals surface area contributed by atoms with Crippen molar-refractivity contribution >= 4 is 17.2 Å². The number of hydrogen-bond donors (Lipinski definition) is 1. The van der Waals surface area contributed by atoms with Crippen LogP contribution in [-0.4, -0.2) is 16.4 Å². The van der Waals surface area contributed by atoms with Crippen LogP contribution in [0.25, 0.3) is 0 Å². The number of para-hydroxylation sites is 1. The van der Waals surface area contributed by atoms with E-state index in [1.54, 1.807) is 11.3 Å². The van der Waals surface area contributed by atoms with Crippen molar-refractivity contribution in [1.29, 1.82) is 0 Å². The molecule has 1 amide bonds. The molecule has 6 rings (SSSR count). The monoisotopic (exact) mass is 382 g/mol. The molecule has 1 aromatic carbocycles. The molecule has 0 radical (unpaired) electrons. The van der Waals surface area contributed by atoms with Gasteiger partial charge in [0.2, 0.25) is 0 Å². The van der Waals surface area contributed by atoms with Crippen molar-refractivity contribution in [3.05, 3.63) is 45.9 Å². The molecule has 4 aliphatic carbocycles. The fourth-order valence-electron chi connectivity index (χ4n) is 5.98. The number of benzene rings is 1. The van der Waals surface area contributed by atoms with E-state index in [9.17, 15) is 4.79 Å². The van der Waals surface area contributed by atoms with E-state index in [0.29, 0.717) is 17.9 Å². The van der Waals surface area contributed by atoms with Gasteiger partial charge in [-0.3, -0.25) is 4.79 Å². The number of nitrogens with zero attached hydrogens (tertiary/aromatic N) is 1. The maximum Gasteiger partial charge on any atom is 0.255 e. The molecular formula is C22H26N2O2S. The average molecular weight is 383 g/mol. The molecule has 0 spiro atoms. The lowest BCUT2D eigenvalue weighted by Gasteiger charge is -2.56. The van der Waals surface area contributed by atoms with E-state index in [1.807, 2.05) is 36.6 Å². The highest BCUT2D eigenvalue weighted by Crippen LogP contribution is 2.55. The highest BCUT2D eigenvalue weighted by atomic mass is 32.1. The summed E-state index contributed by atoms with van der Waals surface area (Å²) in [7, 11) is 0. The minimum absolute atomic E-state index is 0.0157. The number of carbonyl (C=O) groups is 1. The molecule has 1 heterocycles. The largest absolute Gasteiger partial charge is 0.486 e. The molecule has 0 saturated heterocycles. The standard InChI is InChI=1S/C22H26N2O2S/c1-14-23-18(13-27-14)12-26-20-5-3-2-4-19(20)21(25)24-22-9-15-6-16(10-22)8-17(7-15)11-22/h2-5,13,15-17H,6-12H2,1H3,(H,24,25). The zero-order valence-corrected chi connectivity index (χ0v) is 16.6. The molecule has 0 aliphatic heterocycles. The van der Waals surface area contributed by atoms with E-state index in [-0.39, 0.29) is 11.4 Å². The van der Waals surface area contributed by atoms with E-state index in [0.717, 1.165) is 47.7 Å². The third-order valence-electron chi connectivity index (χ3n) is 6.59. The number of rotatable bonds is 5. The second-order valence-corrected chi connectivity index (χ2v) is 9.86. The van der Waals surface area contributed by atoms with E-state index < -0.39 is 0 Å². The quantitative estimate of drug-likeness (QED) is 0.813. The van der Waals surface area contributed by atoms with Crippen molar-refractivity contribution in [2.45, 2.75) is 57.6 Å². The van der Waals surface area contributed by atoms with Crippen LogP contribution in [0.15, 0.2) is 29.6 Å². The number of amides is 1. The summed E-state index contributed by atoms with van der Waals surface area (Å²) in [4.78, 5) is 17.6. The first-order chi connectivity index (χ1) is 13.1. The Bertz CT molecular complexity index is 824. The summed E-state index contributed by atoms with van der Waals surface area (Å²) in [5.74, 6) is 3.11. The number of carbonyl (C=O) groups excluding carboxylic acids is 1. The van der Waals surface area contributed by atoms with Gasteiger partial charge in [0.25, 0.3) is 5.91 Å². The van der Waals surface area contributed by atoms with Crippen molar-refractivity contribution in [2.75, 3.05) is 0 Å². The summed E-state index contributed by atoms with van der Waals surface area (Å²) in [5, 5.41) is 6.49. The van der Waals surface area contributed by atoms with Crippen LogP contribution < -0.4 is 10.1 Å². The third-order valence-corrected chi connectivity index (χ3v) is 7.41. The SMILES string of the molecule is Cc1nc(COc2ccccc2C(=O)NC23CC4CC(CC(C4)C2)C3)cs1. The van der Waals surface area contributed by atoms with Crippen LogP contribution in [0.3, 0.4) is 0 Å². The van der Waals surface area contributed by atoms with E-state index >= 15 is 0 Å². The molecule has 5 heteroatoms. The molecule has 0 unspecified atom stereocenters. The fourth-order valence-corrected chi connectivity index (χ4v) is 6.58. The highest BCUT2D eigenvalue weighted by Gasteiger charge is 2.51. The number of ether oxygens (including phenoxy) is 1. The normalized spacial score (nSPS) is 31.1. The zero-order valence-electron chi connectivity index (χ0n) is 15.7. The zero-order chi connectivity index (χ0) is 18.4. The molecular weight excluding hydrogens is 356 g/mol. The Labute approximate surface area is 164 Å². The summed E-state index contributed by atoms with van der Waals surface area (Å²) in [6.07, 6.45) is 7.61. The Morgan fingerprint density at radius 3 is 2.48 bits per heavy atom. The third kappa shape index (κ3) is 3.38. The van der Waals surface area contributed by atoms with Crippen LogP contribution >= 0.6 is 11.3 Å². The Balaban J connectivity index is 1.32. The van der Waals surface area contributed by atoms with Crippen molar-refractivity contribution in [2.24, 2.45) is 17.8 Å². The van der Waals surface area contributed by atoms with Crippen LogP contribution in [0.4, 0.5) is 0 Å². The topological polar surface area (TPSA) is 51.2 Å². The van der Waals surface area contributed by atoms with Crippen LogP contribution in [0.5, 0.6) is 5.75 Å². The van der Waals surface area contributed by atoms with Gasteiger partial charge < -0.3 is 10.1 Å². The minimum atomic E-state index is 0.0157. The van der Waals surface area contributed by atoms with Gasteiger partial charge in [-0.1, -0.05) is 12.1 Å². The molecule has 1 aromatic heterocycles. The lowest BCUT2D eigenvalue weighted by Crippen LogP contribution is -2.59. The van der Waals surface area contributed by atoms with Crippen molar-refractivity contribution in [3.63, 3.8) is 0 Å². The number of aryl methyl sites for hydroxylation is 1. The van der Waals surface area contributed by atoms with Gasteiger partial charge in [-0.25, -0.2) is 4.98 Å². The van der Waals surface area contributed by atoms with Crippen LogP contribution in [-0.2, 0) is 6.61 Å². The van der Waals surface area contributed by atoms with Crippen LogP contribution in [0.2, 0.25) is 0 Å². The minimum Gasteiger partial charge on any atom is -0.486 e. The van der Waals surface area contributed by atoms with Gasteiger partial charge in [0, 0.05) is 10.9 Å². The molecule has 4 fully saturated rings. The maximum absolute atomic E-state index is 13.2. The summed E-state index contributed by atoms with van der Waals surface area (Å²) in [6, 6.07) is 7.59. The van der Waals surface area contributed by atoms with E-state index in [1.165, 1.54) is 19.3 Å². The molecule has 4 saturated carbocycles. The van der Waals surface area contributed by atoms with Crippen LogP contribution in [0.1, 0.15) is 59.6 Å². The Morgan fingerprint density at radius 2 is 1.85 bits per heavy atom. The first kappa shape index (κ1) is 17.2. The molecule has 4 aliphatic rings. The Kier molecular flexibility index (Phi) is 4.23. The van der Waals surface area contributed by atoms with E-state index in [2.05, 4.69) is 10.3 Å². The van der Waals surface area contributed by atoms with Gasteiger partial charge in [-0.2, -0.15) is 0 Å². The van der Waals surface area contributed by atoms with Gasteiger partial charge in [0.1, 0.15) is 12.4 Å². The molecule has 2 aromatic rings.